The maximum absolute atomic E-state index is 5.53. The van der Waals surface area contributed by atoms with Gasteiger partial charge in [-0.2, -0.15) is 0 Å². The Morgan fingerprint density at radius 1 is 1.35 bits per heavy atom. The Balaban J connectivity index is 1.87. The minimum Gasteiger partial charge on any atom is -0.478 e. The topological polar surface area (TPSA) is 50.3 Å². The molecule has 1 fully saturated rings. The predicted molar refractivity (Wildman–Crippen MR) is 81.1 cm³/mol. The first kappa shape index (κ1) is 15.0. The summed E-state index contributed by atoms with van der Waals surface area (Å²) in [6.45, 7) is 8.43. The molecule has 112 valence electrons. The van der Waals surface area contributed by atoms with Crippen molar-refractivity contribution in [2.45, 2.75) is 33.1 Å². The van der Waals surface area contributed by atoms with Crippen molar-refractivity contribution in [2.24, 2.45) is 5.41 Å². The number of nitrogens with one attached hydrogen (secondary N) is 1. The SMILES string of the molecule is CCCOc1cc(NCC2(C)CCN(C)CC2)ncn1. The molecule has 0 bridgehead atoms. The molecule has 1 aliphatic heterocycles. The van der Waals surface area contributed by atoms with Crippen LogP contribution in [0.5, 0.6) is 5.88 Å². The largest absolute Gasteiger partial charge is 0.478 e. The molecule has 0 atom stereocenters. The van der Waals surface area contributed by atoms with E-state index in [-0.39, 0.29) is 0 Å². The third-order valence-corrected chi connectivity index (χ3v) is 3.99. The number of aromatic nitrogens is 2. The number of ether oxygens (including phenoxy) is 1. The summed E-state index contributed by atoms with van der Waals surface area (Å²) in [6.07, 6.45) is 4.99. The third-order valence-electron chi connectivity index (χ3n) is 3.99. The average molecular weight is 278 g/mol. The molecule has 2 rings (SSSR count). The van der Waals surface area contributed by atoms with Crippen LogP contribution in [-0.4, -0.2) is 48.2 Å². The Bertz CT molecular complexity index is 416. The lowest BCUT2D eigenvalue weighted by molar-refractivity contribution is 0.150. The van der Waals surface area contributed by atoms with Gasteiger partial charge in [0.15, 0.2) is 0 Å². The van der Waals surface area contributed by atoms with Gasteiger partial charge in [0.2, 0.25) is 5.88 Å². The van der Waals surface area contributed by atoms with Gasteiger partial charge >= 0.3 is 0 Å². The van der Waals surface area contributed by atoms with Gasteiger partial charge in [-0.15, -0.1) is 0 Å². The van der Waals surface area contributed by atoms with Crippen LogP contribution in [0.1, 0.15) is 33.1 Å². The van der Waals surface area contributed by atoms with Crippen molar-refractivity contribution in [3.8, 4) is 5.88 Å². The number of nitrogens with zero attached hydrogens (tertiary/aromatic N) is 3. The number of piperidine rings is 1. The summed E-state index contributed by atoms with van der Waals surface area (Å²) in [4.78, 5) is 10.8. The van der Waals surface area contributed by atoms with Gasteiger partial charge in [-0.05, 0) is 44.8 Å². The van der Waals surface area contributed by atoms with Crippen LogP contribution in [0.15, 0.2) is 12.4 Å². The third kappa shape index (κ3) is 4.34. The van der Waals surface area contributed by atoms with Gasteiger partial charge in [-0.3, -0.25) is 0 Å². The normalized spacial score (nSPS) is 18.8. The Kier molecular flexibility index (Phi) is 5.17. The van der Waals surface area contributed by atoms with Crippen LogP contribution >= 0.6 is 0 Å². The van der Waals surface area contributed by atoms with Gasteiger partial charge in [0.05, 0.1) is 6.61 Å². The minimum absolute atomic E-state index is 0.349. The van der Waals surface area contributed by atoms with Crippen molar-refractivity contribution in [3.05, 3.63) is 12.4 Å². The van der Waals surface area contributed by atoms with Crippen molar-refractivity contribution in [1.29, 1.82) is 0 Å². The highest BCUT2D eigenvalue weighted by molar-refractivity contribution is 5.37. The summed E-state index contributed by atoms with van der Waals surface area (Å²) in [5.41, 5.74) is 0.349. The zero-order valence-corrected chi connectivity index (χ0v) is 12.9. The molecule has 0 aliphatic carbocycles. The first-order chi connectivity index (χ1) is 9.61. The van der Waals surface area contributed by atoms with Crippen LogP contribution in [0.3, 0.4) is 0 Å². The minimum atomic E-state index is 0.349. The second-order valence-electron chi connectivity index (χ2n) is 6.06. The van der Waals surface area contributed by atoms with Crippen LogP contribution in [0.25, 0.3) is 0 Å². The van der Waals surface area contributed by atoms with E-state index in [9.17, 15) is 0 Å². The second kappa shape index (κ2) is 6.88. The number of rotatable bonds is 6. The molecule has 0 unspecified atom stereocenters. The fraction of sp³-hybridized carbons (Fsp3) is 0.733. The Labute approximate surface area is 121 Å². The number of anilines is 1. The van der Waals surface area contributed by atoms with E-state index < -0.39 is 0 Å². The van der Waals surface area contributed by atoms with Crippen LogP contribution < -0.4 is 10.1 Å². The highest BCUT2D eigenvalue weighted by Crippen LogP contribution is 2.30. The van der Waals surface area contributed by atoms with E-state index in [4.69, 9.17) is 4.74 Å². The van der Waals surface area contributed by atoms with Crippen molar-refractivity contribution in [2.75, 3.05) is 38.6 Å². The molecular formula is C15H26N4O. The molecule has 0 radical (unpaired) electrons. The smallest absolute Gasteiger partial charge is 0.218 e. The highest BCUT2D eigenvalue weighted by Gasteiger charge is 2.28. The first-order valence-corrected chi connectivity index (χ1v) is 7.48. The van der Waals surface area contributed by atoms with E-state index in [0.717, 1.165) is 18.8 Å². The molecule has 0 aromatic carbocycles. The average Bonchev–Trinajstić information content (AvgIpc) is 2.47. The monoisotopic (exact) mass is 278 g/mol. The summed E-state index contributed by atoms with van der Waals surface area (Å²) in [5, 5.41) is 3.44. The maximum Gasteiger partial charge on any atom is 0.218 e. The molecule has 0 spiro atoms. The fourth-order valence-electron chi connectivity index (χ4n) is 2.36. The fourth-order valence-corrected chi connectivity index (χ4v) is 2.36. The van der Waals surface area contributed by atoms with Gasteiger partial charge < -0.3 is 15.0 Å². The van der Waals surface area contributed by atoms with Gasteiger partial charge in [-0.25, -0.2) is 9.97 Å². The summed E-state index contributed by atoms with van der Waals surface area (Å²) < 4.78 is 5.53. The van der Waals surface area contributed by atoms with E-state index in [2.05, 4.69) is 41.1 Å². The number of likely N-dealkylation sites (tertiary alicyclic amines) is 1. The summed E-state index contributed by atoms with van der Waals surface area (Å²) in [6, 6.07) is 1.88. The molecule has 5 nitrogen and oxygen atoms in total. The lowest BCUT2D eigenvalue weighted by atomic mass is 9.80. The lowest BCUT2D eigenvalue weighted by Gasteiger charge is -2.38. The van der Waals surface area contributed by atoms with E-state index >= 15 is 0 Å². The Morgan fingerprint density at radius 3 is 2.80 bits per heavy atom. The zero-order valence-electron chi connectivity index (χ0n) is 12.9. The van der Waals surface area contributed by atoms with Crippen LogP contribution in [0, 0.1) is 5.41 Å². The molecule has 1 N–H and O–H groups in total. The van der Waals surface area contributed by atoms with Gasteiger partial charge in [-0.1, -0.05) is 13.8 Å². The van der Waals surface area contributed by atoms with E-state index in [1.54, 1.807) is 6.33 Å². The molecule has 5 heteroatoms. The Morgan fingerprint density at radius 2 is 2.10 bits per heavy atom. The van der Waals surface area contributed by atoms with Crippen LogP contribution in [-0.2, 0) is 0 Å². The van der Waals surface area contributed by atoms with E-state index in [1.165, 1.54) is 25.9 Å². The standard InChI is InChI=1S/C15H26N4O/c1-4-9-20-14-10-13(17-12-18-14)16-11-15(2)5-7-19(3)8-6-15/h10,12H,4-9,11H2,1-3H3,(H,16,17,18). The van der Waals surface area contributed by atoms with E-state index in [1.807, 2.05) is 6.07 Å². The number of hydrogen-bond acceptors (Lipinski definition) is 5. The highest BCUT2D eigenvalue weighted by atomic mass is 16.5. The van der Waals surface area contributed by atoms with Gasteiger partial charge in [0, 0.05) is 12.6 Å². The summed E-state index contributed by atoms with van der Waals surface area (Å²) in [7, 11) is 2.19. The zero-order chi connectivity index (χ0) is 14.4. The summed E-state index contributed by atoms with van der Waals surface area (Å²) in [5.74, 6) is 1.50. The molecule has 1 aromatic rings. The molecule has 1 saturated heterocycles. The molecule has 1 aromatic heterocycles. The van der Waals surface area contributed by atoms with Crippen molar-refractivity contribution < 1.29 is 4.74 Å². The van der Waals surface area contributed by atoms with E-state index in [0.29, 0.717) is 17.9 Å². The molecular weight excluding hydrogens is 252 g/mol. The van der Waals surface area contributed by atoms with Crippen LogP contribution in [0.2, 0.25) is 0 Å². The lowest BCUT2D eigenvalue weighted by Crippen LogP contribution is -2.40. The van der Waals surface area contributed by atoms with Crippen LogP contribution in [0.4, 0.5) is 5.82 Å². The summed E-state index contributed by atoms with van der Waals surface area (Å²) >= 11 is 0. The van der Waals surface area contributed by atoms with Gasteiger partial charge in [0.1, 0.15) is 12.1 Å². The number of hydrogen-bond donors (Lipinski definition) is 1. The van der Waals surface area contributed by atoms with Crippen molar-refractivity contribution in [3.63, 3.8) is 0 Å². The predicted octanol–water partition coefficient (Wildman–Crippen LogP) is 2.41. The Hall–Kier alpha value is -1.36. The maximum atomic E-state index is 5.53. The van der Waals surface area contributed by atoms with Gasteiger partial charge in [0.25, 0.3) is 0 Å². The molecule has 2 heterocycles. The first-order valence-electron chi connectivity index (χ1n) is 7.48. The second-order valence-corrected chi connectivity index (χ2v) is 6.06. The molecule has 1 aliphatic rings. The van der Waals surface area contributed by atoms with Crippen molar-refractivity contribution in [1.82, 2.24) is 14.9 Å². The molecule has 0 amide bonds. The molecule has 20 heavy (non-hydrogen) atoms. The van der Waals surface area contributed by atoms with Crippen molar-refractivity contribution >= 4 is 5.82 Å². The quantitative estimate of drug-likeness (QED) is 0.866. The molecule has 0 saturated carbocycles.